The zero-order chi connectivity index (χ0) is 18.6. The van der Waals surface area contributed by atoms with Crippen molar-refractivity contribution in [1.29, 1.82) is 0 Å². The van der Waals surface area contributed by atoms with Gasteiger partial charge in [-0.05, 0) is 36.4 Å². The maximum absolute atomic E-state index is 13.1. The second-order valence-electron chi connectivity index (χ2n) is 6.59. The van der Waals surface area contributed by atoms with Crippen molar-refractivity contribution in [3.8, 4) is 0 Å². The number of rotatable bonds is 2. The topological polar surface area (TPSA) is 36.0 Å². The first kappa shape index (κ1) is 16.2. The van der Waals surface area contributed by atoms with Gasteiger partial charge in [0.25, 0.3) is 0 Å². The first-order valence-electron chi connectivity index (χ1n) is 8.80. The molecule has 0 amide bonds. The van der Waals surface area contributed by atoms with E-state index < -0.39 is 7.94 Å². The van der Waals surface area contributed by atoms with E-state index in [2.05, 4.69) is 38.3 Å². The summed E-state index contributed by atoms with van der Waals surface area (Å²) in [5.41, 5.74) is 4.80. The summed E-state index contributed by atoms with van der Waals surface area (Å²) in [6, 6.07) is 25.6. The van der Waals surface area contributed by atoms with E-state index in [1.165, 1.54) is 0 Å². The number of benzene rings is 3. The van der Waals surface area contributed by atoms with E-state index in [1.807, 2.05) is 56.6 Å². The molecule has 0 saturated carbocycles. The molecule has 5 nitrogen and oxygen atoms in total. The van der Waals surface area contributed by atoms with Gasteiger partial charge < -0.3 is 0 Å². The highest BCUT2D eigenvalue weighted by Gasteiger charge is 2.70. The Morgan fingerprint density at radius 3 is 1.67 bits per heavy atom. The molecular formula is C21H19N3O2P+. The molecule has 6 heteroatoms. The summed E-state index contributed by atoms with van der Waals surface area (Å²) >= 11 is 0. The van der Waals surface area contributed by atoms with Crippen LogP contribution in [-0.4, -0.2) is 20.1 Å². The highest BCUT2D eigenvalue weighted by atomic mass is 31.2. The Kier molecular flexibility index (Phi) is 3.43. The second kappa shape index (κ2) is 5.73. The maximum atomic E-state index is 13.1. The highest BCUT2D eigenvalue weighted by Crippen LogP contribution is 2.82. The Morgan fingerprint density at radius 1 is 0.704 bits per heavy atom. The lowest BCUT2D eigenvalue weighted by Crippen LogP contribution is -2.34. The minimum Gasteiger partial charge on any atom is -0.241 e. The molecule has 2 aliphatic rings. The van der Waals surface area contributed by atoms with E-state index in [1.54, 1.807) is 12.1 Å². The maximum Gasteiger partial charge on any atom is 0.499 e. The van der Waals surface area contributed by atoms with Crippen molar-refractivity contribution in [2.75, 3.05) is 28.1 Å². The number of hydrogen-bond acceptors (Lipinski definition) is 5. The minimum absolute atomic E-state index is 0.312. The fourth-order valence-corrected chi connectivity index (χ4v) is 7.29. The molecular weight excluding hydrogens is 357 g/mol. The predicted molar refractivity (Wildman–Crippen MR) is 111 cm³/mol. The summed E-state index contributed by atoms with van der Waals surface area (Å²) in [7, 11) is 1.39. The number of carbonyl (C=O) groups is 1. The number of para-hydroxylation sites is 4. The first-order valence-corrected chi connectivity index (χ1v) is 10.4. The molecule has 0 atom stereocenters. The van der Waals surface area contributed by atoms with Gasteiger partial charge in [-0.15, -0.1) is 4.67 Å². The molecule has 0 saturated heterocycles. The monoisotopic (exact) mass is 376 g/mol. The number of fused-ring (bicyclic) bond motifs is 5. The molecule has 27 heavy (non-hydrogen) atoms. The number of carbonyl (C=O) groups excluding carboxylic acids is 1. The average molecular weight is 376 g/mol. The second-order valence-corrected chi connectivity index (χ2v) is 9.40. The zero-order valence-corrected chi connectivity index (χ0v) is 16.0. The third-order valence-corrected chi connectivity index (χ3v) is 8.53. The SMILES string of the molecule is CN1c2ccccc2N2c3ccccc3N(C)[P+]12OC(=O)c1ccccc1. The number of hydrogen-bond donors (Lipinski definition) is 0. The molecule has 0 unspecified atom stereocenters. The molecule has 5 rings (SSSR count). The Balaban J connectivity index is 1.68. The molecule has 0 aliphatic carbocycles. The van der Waals surface area contributed by atoms with Crippen LogP contribution in [0.4, 0.5) is 22.7 Å². The molecule has 0 fully saturated rings. The molecule has 0 radical (unpaired) electrons. The van der Waals surface area contributed by atoms with E-state index >= 15 is 0 Å². The van der Waals surface area contributed by atoms with Crippen molar-refractivity contribution in [2.24, 2.45) is 0 Å². The molecule has 0 bridgehead atoms. The lowest BCUT2D eigenvalue weighted by Gasteiger charge is -2.30. The standard InChI is InChI=1S/C21H19N3O2P/c1-22-17-12-6-8-14-19(17)24-20-15-9-7-13-18(20)23(2)27(22,24)26-21(25)16-10-4-3-5-11-16/h3-15H,1-2H3/q+1. The minimum atomic E-state index is -2.62. The number of anilines is 4. The molecule has 0 N–H and O–H groups in total. The summed E-state index contributed by atoms with van der Waals surface area (Å²) in [6.45, 7) is 0. The Bertz CT molecular complexity index is 987. The molecule has 3 aromatic rings. The molecule has 134 valence electrons. The highest BCUT2D eigenvalue weighted by molar-refractivity contribution is 7.77. The Labute approximate surface area is 159 Å². The molecule has 2 aliphatic heterocycles. The van der Waals surface area contributed by atoms with Crippen molar-refractivity contribution in [2.45, 2.75) is 0 Å². The number of nitrogens with zero attached hydrogens (tertiary/aromatic N) is 3. The quantitative estimate of drug-likeness (QED) is 0.570. The van der Waals surface area contributed by atoms with Crippen molar-refractivity contribution >= 4 is 36.7 Å². The largest absolute Gasteiger partial charge is 0.499 e. The van der Waals surface area contributed by atoms with Gasteiger partial charge in [-0.25, -0.2) is 9.32 Å². The summed E-state index contributed by atoms with van der Waals surface area (Å²) in [5.74, 6) is -0.312. The summed E-state index contributed by atoms with van der Waals surface area (Å²) < 4.78 is 12.8. The molecule has 0 aromatic heterocycles. The van der Waals surface area contributed by atoms with Gasteiger partial charge in [0.2, 0.25) is 0 Å². The van der Waals surface area contributed by atoms with Crippen LogP contribution in [0.25, 0.3) is 0 Å². The van der Waals surface area contributed by atoms with E-state index in [4.69, 9.17) is 4.52 Å². The van der Waals surface area contributed by atoms with Gasteiger partial charge in [0.1, 0.15) is 22.7 Å². The third-order valence-electron chi connectivity index (χ3n) is 5.17. The van der Waals surface area contributed by atoms with Gasteiger partial charge in [-0.2, -0.15) is 9.34 Å². The van der Waals surface area contributed by atoms with Crippen LogP contribution >= 0.6 is 7.94 Å². The van der Waals surface area contributed by atoms with E-state index in [0.717, 1.165) is 22.7 Å². The summed E-state index contributed by atoms with van der Waals surface area (Å²) in [6.07, 6.45) is 0. The van der Waals surface area contributed by atoms with Crippen molar-refractivity contribution in [1.82, 2.24) is 0 Å². The van der Waals surface area contributed by atoms with Crippen molar-refractivity contribution in [3.05, 3.63) is 84.4 Å². The van der Waals surface area contributed by atoms with Crippen LogP contribution in [0.15, 0.2) is 78.9 Å². The zero-order valence-electron chi connectivity index (χ0n) is 15.1. The van der Waals surface area contributed by atoms with Crippen molar-refractivity contribution in [3.63, 3.8) is 0 Å². The lowest BCUT2D eigenvalue weighted by atomic mass is 10.2. The molecule has 3 aromatic carbocycles. The van der Waals surface area contributed by atoms with E-state index in [9.17, 15) is 4.79 Å². The normalized spacial score (nSPS) is 16.0. The van der Waals surface area contributed by atoms with Crippen LogP contribution in [0.2, 0.25) is 0 Å². The van der Waals surface area contributed by atoms with Gasteiger partial charge in [-0.3, -0.25) is 0 Å². The smallest absolute Gasteiger partial charge is 0.241 e. The average Bonchev–Trinajstić information content (AvgIpc) is 3.11. The van der Waals surface area contributed by atoms with Gasteiger partial charge in [0, 0.05) is 0 Å². The first-order chi connectivity index (χ1) is 13.1. The molecule has 2 heterocycles. The van der Waals surface area contributed by atoms with Gasteiger partial charge in [0.05, 0.1) is 19.7 Å². The molecule has 0 spiro atoms. The summed E-state index contributed by atoms with van der Waals surface area (Å²) in [4.78, 5) is 13.1. The fraction of sp³-hybridized carbons (Fsp3) is 0.0952. The predicted octanol–water partition coefficient (Wildman–Crippen LogP) is 5.26. The van der Waals surface area contributed by atoms with Crippen LogP contribution < -0.4 is 14.0 Å². The third kappa shape index (κ3) is 2.06. The van der Waals surface area contributed by atoms with Crippen molar-refractivity contribution < 1.29 is 9.32 Å². The van der Waals surface area contributed by atoms with Crippen LogP contribution in [-0.2, 0) is 4.52 Å². The lowest BCUT2D eigenvalue weighted by molar-refractivity contribution is 0.0747. The Morgan fingerprint density at radius 2 is 1.15 bits per heavy atom. The Hall–Kier alpha value is -3.04. The van der Waals surface area contributed by atoms with Crippen LogP contribution in [0, 0.1) is 0 Å². The van der Waals surface area contributed by atoms with Crippen LogP contribution in [0.5, 0.6) is 0 Å². The van der Waals surface area contributed by atoms with Crippen LogP contribution in [0.3, 0.4) is 0 Å². The summed E-state index contributed by atoms with van der Waals surface area (Å²) in [5, 5.41) is 0. The van der Waals surface area contributed by atoms with E-state index in [-0.39, 0.29) is 5.97 Å². The van der Waals surface area contributed by atoms with Crippen LogP contribution in [0.1, 0.15) is 10.4 Å². The van der Waals surface area contributed by atoms with Gasteiger partial charge in [0.15, 0.2) is 0 Å². The van der Waals surface area contributed by atoms with E-state index in [0.29, 0.717) is 5.56 Å². The fourth-order valence-electron chi connectivity index (χ4n) is 3.90. The van der Waals surface area contributed by atoms with Gasteiger partial charge >= 0.3 is 13.9 Å². The van der Waals surface area contributed by atoms with Gasteiger partial charge in [-0.1, -0.05) is 42.5 Å².